The number of para-hydroxylation sites is 1. The molecule has 2 aromatic carbocycles. The predicted molar refractivity (Wildman–Crippen MR) is 122 cm³/mol. The average molecular weight is 430 g/mol. The molecule has 0 saturated heterocycles. The summed E-state index contributed by atoms with van der Waals surface area (Å²) in [6, 6.07) is 11.5. The number of imidazole rings is 1. The van der Waals surface area contributed by atoms with E-state index in [1.54, 1.807) is 12.1 Å². The molecule has 0 saturated carbocycles. The monoisotopic (exact) mass is 430 g/mol. The smallest absolute Gasteiger partial charge is 0.329 e. The standard InChI is InChI=1S/C23H22N6O3/c1-13-21(15-6-3-4-7-19(15)28(13)9-5-8-24)22-23(31)27-16-10-18-20(11-17(16)26-22)29(12-25-18)32-14(2)30/h3-4,6-7,10-12H,5,8-9,24H2,1-2H3,(H,27,31). The zero-order chi connectivity index (χ0) is 22.4. The van der Waals surface area contributed by atoms with Crippen LogP contribution >= 0.6 is 0 Å². The van der Waals surface area contributed by atoms with Gasteiger partial charge in [0.05, 0.1) is 16.6 Å². The molecule has 0 bridgehead atoms. The Bertz CT molecular complexity index is 1560. The summed E-state index contributed by atoms with van der Waals surface area (Å²) in [4.78, 5) is 41.6. The minimum absolute atomic E-state index is 0.277. The first-order valence-electron chi connectivity index (χ1n) is 10.4. The Morgan fingerprint density at radius 1 is 1.19 bits per heavy atom. The highest BCUT2D eigenvalue weighted by Gasteiger charge is 2.20. The Morgan fingerprint density at radius 2 is 2.00 bits per heavy atom. The highest BCUT2D eigenvalue weighted by Crippen LogP contribution is 2.33. The van der Waals surface area contributed by atoms with E-state index in [2.05, 4.69) is 14.5 Å². The zero-order valence-electron chi connectivity index (χ0n) is 17.8. The molecule has 0 unspecified atom stereocenters. The van der Waals surface area contributed by atoms with Crippen LogP contribution in [0.25, 0.3) is 44.2 Å². The molecule has 0 radical (unpaired) electrons. The molecule has 162 valence electrons. The molecular weight excluding hydrogens is 408 g/mol. The fourth-order valence-corrected chi connectivity index (χ4v) is 4.22. The molecule has 9 heteroatoms. The van der Waals surface area contributed by atoms with Gasteiger partial charge in [-0.15, -0.1) is 0 Å². The summed E-state index contributed by atoms with van der Waals surface area (Å²) < 4.78 is 3.48. The van der Waals surface area contributed by atoms with Crippen LogP contribution in [0.1, 0.15) is 19.0 Å². The lowest BCUT2D eigenvalue weighted by atomic mass is 10.1. The van der Waals surface area contributed by atoms with Crippen LogP contribution in [0.15, 0.2) is 47.5 Å². The number of aromatic nitrogens is 5. The SMILES string of the molecule is CC(=O)On1cnc2cc3[nH]c(=O)c(-c4c(C)n(CCCN)c5ccccc45)nc3cc21. The van der Waals surface area contributed by atoms with Crippen molar-refractivity contribution < 1.29 is 9.63 Å². The van der Waals surface area contributed by atoms with Crippen molar-refractivity contribution >= 4 is 38.9 Å². The van der Waals surface area contributed by atoms with E-state index in [1.807, 2.05) is 31.2 Å². The minimum atomic E-state index is -0.458. The topological polar surface area (TPSA) is 121 Å². The molecular formula is C23H22N6O3. The van der Waals surface area contributed by atoms with Gasteiger partial charge in [-0.3, -0.25) is 4.79 Å². The van der Waals surface area contributed by atoms with E-state index in [0.717, 1.165) is 35.1 Å². The maximum atomic E-state index is 13.1. The van der Waals surface area contributed by atoms with Crippen molar-refractivity contribution in [1.82, 2.24) is 24.2 Å². The normalized spacial score (nSPS) is 11.6. The van der Waals surface area contributed by atoms with Crippen molar-refractivity contribution in [3.05, 3.63) is 58.8 Å². The summed E-state index contributed by atoms with van der Waals surface area (Å²) in [6.07, 6.45) is 2.25. The van der Waals surface area contributed by atoms with Gasteiger partial charge in [0.2, 0.25) is 0 Å². The Kier molecular flexibility index (Phi) is 4.75. The van der Waals surface area contributed by atoms with E-state index in [4.69, 9.17) is 15.6 Å². The second kappa shape index (κ2) is 7.61. The number of aromatic amines is 1. The van der Waals surface area contributed by atoms with E-state index in [0.29, 0.717) is 34.3 Å². The lowest BCUT2D eigenvalue weighted by molar-refractivity contribution is -0.141. The highest BCUT2D eigenvalue weighted by molar-refractivity contribution is 5.98. The molecule has 9 nitrogen and oxygen atoms in total. The Labute approximate surface area is 182 Å². The summed E-state index contributed by atoms with van der Waals surface area (Å²) >= 11 is 0. The molecule has 0 atom stereocenters. The van der Waals surface area contributed by atoms with Gasteiger partial charge in [-0.1, -0.05) is 18.2 Å². The summed E-state index contributed by atoms with van der Waals surface area (Å²) in [5.41, 5.74) is 10.9. The van der Waals surface area contributed by atoms with E-state index in [9.17, 15) is 9.59 Å². The van der Waals surface area contributed by atoms with Gasteiger partial charge in [0.25, 0.3) is 5.56 Å². The Hall–Kier alpha value is -3.98. The zero-order valence-corrected chi connectivity index (χ0v) is 17.8. The molecule has 5 rings (SSSR count). The van der Waals surface area contributed by atoms with Gasteiger partial charge in [0, 0.05) is 35.6 Å². The average Bonchev–Trinajstić information content (AvgIpc) is 3.27. The van der Waals surface area contributed by atoms with Crippen molar-refractivity contribution in [2.45, 2.75) is 26.8 Å². The third-order valence-corrected chi connectivity index (χ3v) is 5.61. The molecule has 0 fully saturated rings. The quantitative estimate of drug-likeness (QED) is 0.442. The van der Waals surface area contributed by atoms with Gasteiger partial charge in [0.1, 0.15) is 17.5 Å². The molecule has 0 spiro atoms. The molecule has 32 heavy (non-hydrogen) atoms. The molecule has 0 aliphatic rings. The highest BCUT2D eigenvalue weighted by atomic mass is 16.7. The summed E-state index contributed by atoms with van der Waals surface area (Å²) in [6.45, 7) is 4.67. The number of carbonyl (C=O) groups excluding carboxylic acids is 1. The second-order valence-electron chi connectivity index (χ2n) is 7.70. The van der Waals surface area contributed by atoms with Crippen LogP contribution in [-0.2, 0) is 11.3 Å². The lowest BCUT2D eigenvalue weighted by Gasteiger charge is -2.08. The van der Waals surface area contributed by atoms with Crippen molar-refractivity contribution in [3.8, 4) is 11.3 Å². The van der Waals surface area contributed by atoms with Gasteiger partial charge >= 0.3 is 5.97 Å². The summed E-state index contributed by atoms with van der Waals surface area (Å²) in [5.74, 6) is -0.458. The van der Waals surface area contributed by atoms with Crippen LogP contribution < -0.4 is 16.1 Å². The van der Waals surface area contributed by atoms with Gasteiger partial charge < -0.3 is 20.1 Å². The number of H-pyrrole nitrogens is 1. The first kappa shape index (κ1) is 20.0. The first-order chi connectivity index (χ1) is 15.5. The minimum Gasteiger partial charge on any atom is -0.344 e. The van der Waals surface area contributed by atoms with Crippen molar-refractivity contribution in [3.63, 3.8) is 0 Å². The van der Waals surface area contributed by atoms with Crippen LogP contribution in [0.2, 0.25) is 0 Å². The third-order valence-electron chi connectivity index (χ3n) is 5.61. The Morgan fingerprint density at radius 3 is 2.78 bits per heavy atom. The molecule has 0 aliphatic heterocycles. The molecule has 3 N–H and O–H groups in total. The van der Waals surface area contributed by atoms with Crippen molar-refractivity contribution in [2.75, 3.05) is 6.54 Å². The van der Waals surface area contributed by atoms with Crippen LogP contribution in [-0.4, -0.2) is 36.8 Å². The van der Waals surface area contributed by atoms with Gasteiger partial charge in [-0.05, 0) is 38.1 Å². The number of rotatable bonds is 5. The Balaban J connectivity index is 1.75. The maximum absolute atomic E-state index is 13.1. The number of aryl methyl sites for hydroxylation is 1. The number of carbonyl (C=O) groups is 1. The first-order valence-corrected chi connectivity index (χ1v) is 10.4. The van der Waals surface area contributed by atoms with Crippen LogP contribution in [0.5, 0.6) is 0 Å². The van der Waals surface area contributed by atoms with E-state index in [-0.39, 0.29) is 5.56 Å². The van der Waals surface area contributed by atoms with Crippen molar-refractivity contribution in [2.24, 2.45) is 5.73 Å². The lowest BCUT2D eigenvalue weighted by Crippen LogP contribution is -2.15. The number of nitrogens with zero attached hydrogens (tertiary/aromatic N) is 4. The number of nitrogens with two attached hydrogens (primary N) is 1. The van der Waals surface area contributed by atoms with E-state index >= 15 is 0 Å². The molecule has 0 aliphatic carbocycles. The summed E-state index contributed by atoms with van der Waals surface area (Å²) in [5, 5.41) is 0.963. The fourth-order valence-electron chi connectivity index (χ4n) is 4.22. The van der Waals surface area contributed by atoms with Crippen LogP contribution in [0.3, 0.4) is 0 Å². The van der Waals surface area contributed by atoms with Crippen LogP contribution in [0.4, 0.5) is 0 Å². The van der Waals surface area contributed by atoms with Gasteiger partial charge in [-0.2, -0.15) is 4.73 Å². The third kappa shape index (κ3) is 3.14. The number of benzene rings is 2. The number of nitrogens with one attached hydrogen (secondary N) is 1. The second-order valence-corrected chi connectivity index (χ2v) is 7.70. The largest absolute Gasteiger partial charge is 0.344 e. The number of fused-ring (bicyclic) bond motifs is 3. The predicted octanol–water partition coefficient (Wildman–Crippen LogP) is 2.53. The molecule has 5 aromatic rings. The van der Waals surface area contributed by atoms with Gasteiger partial charge in [0.15, 0.2) is 0 Å². The van der Waals surface area contributed by atoms with E-state index in [1.165, 1.54) is 18.0 Å². The van der Waals surface area contributed by atoms with E-state index < -0.39 is 5.97 Å². The molecule has 0 amide bonds. The molecule has 3 aromatic heterocycles. The number of hydrogen-bond donors (Lipinski definition) is 2. The van der Waals surface area contributed by atoms with Crippen molar-refractivity contribution in [1.29, 1.82) is 0 Å². The van der Waals surface area contributed by atoms with Gasteiger partial charge in [-0.25, -0.2) is 14.8 Å². The maximum Gasteiger partial charge on any atom is 0.329 e. The number of hydrogen-bond acceptors (Lipinski definition) is 6. The fraction of sp³-hybridized carbons (Fsp3) is 0.217. The van der Waals surface area contributed by atoms with Crippen LogP contribution in [0, 0.1) is 6.92 Å². The molecule has 3 heterocycles. The summed E-state index contributed by atoms with van der Waals surface area (Å²) in [7, 11) is 0.